The largest absolute Gasteiger partial charge is 0.361 e. The molecule has 2 aliphatic rings. The van der Waals surface area contributed by atoms with Crippen molar-refractivity contribution in [2.45, 2.75) is 38.5 Å². The van der Waals surface area contributed by atoms with Crippen molar-refractivity contribution < 1.29 is 0 Å². The summed E-state index contributed by atoms with van der Waals surface area (Å²) in [7, 11) is 2.10. The molecule has 8 rings (SSSR count). The third kappa shape index (κ3) is 2.86. The van der Waals surface area contributed by atoms with Crippen molar-refractivity contribution in [2.75, 3.05) is 18.6 Å². The van der Waals surface area contributed by atoms with Gasteiger partial charge in [0.25, 0.3) is 0 Å². The molecule has 0 N–H and O–H groups in total. The minimum Gasteiger partial charge on any atom is -0.361 e. The Kier molecular flexibility index (Phi) is 4.31. The van der Waals surface area contributed by atoms with Crippen LogP contribution in [-0.4, -0.2) is 28.0 Å². The number of hydrogen-bond donors (Lipinski definition) is 0. The molecule has 39 heavy (non-hydrogen) atoms. The van der Waals surface area contributed by atoms with Crippen LogP contribution in [0.15, 0.2) is 91.4 Å². The second-order valence-electron chi connectivity index (χ2n) is 12.4. The highest BCUT2D eigenvalue weighted by molar-refractivity contribution is 6.14. The van der Waals surface area contributed by atoms with Crippen LogP contribution >= 0.6 is 0 Å². The fraction of sp³-hybridized carbons (Fsp3) is 0.229. The van der Waals surface area contributed by atoms with Gasteiger partial charge in [-0.1, -0.05) is 82.3 Å². The van der Waals surface area contributed by atoms with Crippen LogP contribution in [0.25, 0.3) is 49.2 Å². The molecule has 4 heterocycles. The van der Waals surface area contributed by atoms with Crippen LogP contribution in [-0.2, 0) is 10.8 Å². The molecule has 0 unspecified atom stereocenters. The summed E-state index contributed by atoms with van der Waals surface area (Å²) >= 11 is 0. The van der Waals surface area contributed by atoms with Crippen LogP contribution in [0.5, 0.6) is 0 Å². The van der Waals surface area contributed by atoms with Crippen molar-refractivity contribution in [3.63, 3.8) is 0 Å². The monoisotopic (exact) mass is 508 g/mol. The van der Waals surface area contributed by atoms with Gasteiger partial charge in [0.15, 0.2) is 0 Å². The van der Waals surface area contributed by atoms with E-state index in [0.29, 0.717) is 0 Å². The number of aromatic nitrogens is 2. The van der Waals surface area contributed by atoms with Gasteiger partial charge >= 0.3 is 0 Å². The number of fused-ring (bicyclic) bond motifs is 4. The third-order valence-electron chi connectivity index (χ3n) is 9.83. The summed E-state index contributed by atoms with van der Waals surface area (Å²) in [6.45, 7) is 10.3. The molecule has 0 atom stereocenters. The zero-order valence-corrected chi connectivity index (χ0v) is 23.2. The maximum absolute atomic E-state index is 5.08. The third-order valence-corrected chi connectivity index (χ3v) is 9.83. The van der Waals surface area contributed by atoms with Gasteiger partial charge in [0, 0.05) is 58.6 Å². The lowest BCUT2D eigenvalue weighted by atomic mass is 9.61. The number of hydrogen-bond acceptors (Lipinski definition) is 3. The Morgan fingerprint density at radius 3 is 2.41 bits per heavy atom. The predicted molar refractivity (Wildman–Crippen MR) is 163 cm³/mol. The summed E-state index contributed by atoms with van der Waals surface area (Å²) in [6.07, 6.45) is 6.39. The van der Waals surface area contributed by atoms with Crippen LogP contribution in [0, 0.1) is 0 Å². The first-order valence-corrected chi connectivity index (χ1v) is 13.8. The minimum atomic E-state index is -0.0525. The Morgan fingerprint density at radius 2 is 1.59 bits per heavy atom. The molecule has 0 amide bonds. The average Bonchev–Trinajstić information content (AvgIpc) is 3.59. The van der Waals surface area contributed by atoms with E-state index in [2.05, 4.69) is 140 Å². The molecule has 6 aromatic rings. The summed E-state index contributed by atoms with van der Waals surface area (Å²) in [4.78, 5) is 9.56. The van der Waals surface area contributed by atoms with Crippen LogP contribution in [0.2, 0.25) is 0 Å². The minimum absolute atomic E-state index is 0.0108. The number of para-hydroxylation sites is 1. The van der Waals surface area contributed by atoms with Crippen LogP contribution in [0.1, 0.15) is 39.0 Å². The van der Waals surface area contributed by atoms with E-state index in [1.165, 1.54) is 60.5 Å². The van der Waals surface area contributed by atoms with Crippen molar-refractivity contribution in [3.8, 4) is 11.1 Å². The summed E-state index contributed by atoms with van der Waals surface area (Å²) < 4.78 is 2.44. The predicted octanol–water partition coefficient (Wildman–Crippen LogP) is 8.21. The number of imidazole rings is 1. The highest BCUT2D eigenvalue weighted by atomic mass is 15.3. The molecule has 0 aliphatic carbocycles. The lowest BCUT2D eigenvalue weighted by Crippen LogP contribution is -2.44. The van der Waals surface area contributed by atoms with Gasteiger partial charge in [-0.05, 0) is 51.0 Å². The lowest BCUT2D eigenvalue weighted by molar-refractivity contribution is 0.288. The molecule has 0 saturated heterocycles. The van der Waals surface area contributed by atoms with Crippen molar-refractivity contribution in [1.82, 2.24) is 14.3 Å². The van der Waals surface area contributed by atoms with Crippen LogP contribution in [0.3, 0.4) is 0 Å². The van der Waals surface area contributed by atoms with E-state index in [4.69, 9.17) is 4.98 Å². The van der Waals surface area contributed by atoms with E-state index in [1.807, 2.05) is 0 Å². The Hall–Kier alpha value is -4.31. The van der Waals surface area contributed by atoms with E-state index >= 15 is 0 Å². The quantitative estimate of drug-likeness (QED) is 0.220. The number of anilines is 1. The zero-order valence-electron chi connectivity index (χ0n) is 23.2. The molecule has 4 aromatic carbocycles. The molecule has 0 radical (unpaired) electrons. The second kappa shape index (κ2) is 7.41. The van der Waals surface area contributed by atoms with Gasteiger partial charge in [-0.15, -0.1) is 0 Å². The molecule has 4 heteroatoms. The second-order valence-corrected chi connectivity index (χ2v) is 12.4. The van der Waals surface area contributed by atoms with Gasteiger partial charge in [-0.2, -0.15) is 0 Å². The van der Waals surface area contributed by atoms with E-state index in [0.717, 1.165) is 12.3 Å². The van der Waals surface area contributed by atoms with E-state index in [9.17, 15) is 0 Å². The molecule has 4 nitrogen and oxygen atoms in total. The van der Waals surface area contributed by atoms with Crippen molar-refractivity contribution >= 4 is 43.8 Å². The van der Waals surface area contributed by atoms with E-state index in [-0.39, 0.29) is 10.8 Å². The highest BCUT2D eigenvalue weighted by Crippen LogP contribution is 2.51. The SMILES string of the molecule is CN1C=CN(c2ccc3cccc(-c4ccc5c(c4)c4ncc6n4c4c(cccc54)C(C)(C)C6(C)C)c3c2)C1. The Bertz CT molecular complexity index is 2020. The highest BCUT2D eigenvalue weighted by Gasteiger charge is 2.46. The van der Waals surface area contributed by atoms with Gasteiger partial charge in [-0.25, -0.2) is 4.98 Å². The van der Waals surface area contributed by atoms with Crippen LogP contribution in [0.4, 0.5) is 5.69 Å². The van der Waals surface area contributed by atoms with Crippen LogP contribution < -0.4 is 4.90 Å². The van der Waals surface area contributed by atoms with Crippen molar-refractivity contribution in [1.29, 1.82) is 0 Å². The van der Waals surface area contributed by atoms with Crippen molar-refractivity contribution in [3.05, 3.63) is 103 Å². The fourth-order valence-corrected chi connectivity index (χ4v) is 6.89. The van der Waals surface area contributed by atoms with Gasteiger partial charge in [0.05, 0.1) is 12.2 Å². The van der Waals surface area contributed by atoms with Gasteiger partial charge in [-0.3, -0.25) is 4.40 Å². The molecular weight excluding hydrogens is 476 g/mol. The number of benzene rings is 4. The molecule has 0 fully saturated rings. The topological polar surface area (TPSA) is 23.8 Å². The fourth-order valence-electron chi connectivity index (χ4n) is 6.89. The molecular formula is C35H32N4. The summed E-state index contributed by atoms with van der Waals surface area (Å²) in [5, 5.41) is 6.29. The summed E-state index contributed by atoms with van der Waals surface area (Å²) in [5.74, 6) is 0. The molecule has 0 spiro atoms. The van der Waals surface area contributed by atoms with Crippen molar-refractivity contribution in [2.24, 2.45) is 0 Å². The Balaban J connectivity index is 1.41. The maximum Gasteiger partial charge on any atom is 0.145 e. The van der Waals surface area contributed by atoms with Gasteiger partial charge < -0.3 is 9.80 Å². The first-order chi connectivity index (χ1) is 18.8. The first kappa shape index (κ1) is 22.7. The number of nitrogens with zero attached hydrogens (tertiary/aromatic N) is 4. The molecule has 0 saturated carbocycles. The molecule has 2 aliphatic heterocycles. The summed E-state index contributed by atoms with van der Waals surface area (Å²) in [5.41, 5.74) is 8.66. The zero-order chi connectivity index (χ0) is 26.7. The normalized spacial score (nSPS) is 17.5. The lowest BCUT2D eigenvalue weighted by Gasteiger charge is -2.45. The summed E-state index contributed by atoms with van der Waals surface area (Å²) in [6, 6.07) is 27.2. The molecule has 192 valence electrons. The van der Waals surface area contributed by atoms with Gasteiger partial charge in [0.2, 0.25) is 0 Å². The standard InChI is InChI=1S/C35H32N4/c1-34(2)30-11-7-10-27-26-15-13-23(18-29(26)33-36-20-31(35(34,3)4)39(33)32(27)30)25-9-6-8-22-12-14-24(19-28(22)25)38-17-16-37(5)21-38/h6-20H,21H2,1-5H3. The Labute approximate surface area is 228 Å². The number of pyridine rings is 1. The average molecular weight is 509 g/mol. The molecule has 2 aromatic heterocycles. The van der Waals surface area contributed by atoms with E-state index < -0.39 is 0 Å². The molecule has 0 bridgehead atoms. The first-order valence-electron chi connectivity index (χ1n) is 13.8. The Morgan fingerprint density at radius 1 is 0.744 bits per heavy atom. The van der Waals surface area contributed by atoms with E-state index in [1.54, 1.807) is 0 Å². The number of rotatable bonds is 2. The van der Waals surface area contributed by atoms with Gasteiger partial charge in [0.1, 0.15) is 5.65 Å². The smallest absolute Gasteiger partial charge is 0.145 e. The maximum atomic E-state index is 5.08.